The molecule has 12 nitrogen and oxygen atoms in total. The van der Waals surface area contributed by atoms with Crippen molar-refractivity contribution in [1.29, 1.82) is 0 Å². The van der Waals surface area contributed by atoms with E-state index in [1.165, 1.54) is 0 Å². The summed E-state index contributed by atoms with van der Waals surface area (Å²) in [5.41, 5.74) is 7.44. The summed E-state index contributed by atoms with van der Waals surface area (Å²) in [6.45, 7) is -0.134. The molecule has 1 aromatic carbocycles. The van der Waals surface area contributed by atoms with E-state index in [0.29, 0.717) is 6.54 Å². The molecule has 35 heavy (non-hydrogen) atoms. The molecule has 0 saturated heterocycles. The van der Waals surface area contributed by atoms with Crippen molar-refractivity contribution in [2.75, 3.05) is 18.1 Å². The van der Waals surface area contributed by atoms with Crippen molar-refractivity contribution in [3.8, 4) is 0 Å². The SMILES string of the molecule is C[n+]1cn(CCC(=O)CSC[C@H](NC(=O)CCC(N)C(=O)O)C(=O)NCC(=O)O)c2ccccc21. The van der Waals surface area contributed by atoms with E-state index in [2.05, 4.69) is 10.6 Å². The third-order valence-electron chi connectivity index (χ3n) is 5.13. The second-order valence-corrected chi connectivity index (χ2v) is 8.96. The highest BCUT2D eigenvalue weighted by Gasteiger charge is 2.23. The molecule has 1 heterocycles. The summed E-state index contributed by atoms with van der Waals surface area (Å²) in [5.74, 6) is -3.71. The molecule has 1 unspecified atom stereocenters. The normalized spacial score (nSPS) is 12.6. The highest BCUT2D eigenvalue weighted by Crippen LogP contribution is 2.12. The number of rotatable bonds is 15. The summed E-state index contributed by atoms with van der Waals surface area (Å²) in [7, 11) is 1.93. The lowest BCUT2D eigenvalue weighted by molar-refractivity contribution is -0.645. The molecular formula is C22H30N5O7S+. The maximum Gasteiger partial charge on any atom is 0.322 e. The summed E-state index contributed by atoms with van der Waals surface area (Å²) < 4.78 is 3.96. The number of hydrogen-bond acceptors (Lipinski definition) is 7. The Morgan fingerprint density at radius 2 is 1.86 bits per heavy atom. The number of ketones is 1. The second kappa shape index (κ2) is 13.4. The molecule has 2 aromatic rings. The zero-order valence-electron chi connectivity index (χ0n) is 19.3. The molecule has 0 saturated carbocycles. The van der Waals surface area contributed by atoms with Crippen molar-refractivity contribution >= 4 is 52.3 Å². The molecule has 0 spiro atoms. The quantitative estimate of drug-likeness (QED) is 0.189. The lowest BCUT2D eigenvalue weighted by Gasteiger charge is -2.18. The second-order valence-electron chi connectivity index (χ2n) is 7.93. The molecule has 13 heteroatoms. The molecule has 0 bridgehead atoms. The average Bonchev–Trinajstić information content (AvgIpc) is 3.14. The number of nitrogens with two attached hydrogens (primary N) is 1. The number of Topliss-reactive ketones (excluding diaryl/α,β-unsaturated/α-hetero) is 1. The van der Waals surface area contributed by atoms with Gasteiger partial charge in [-0.1, -0.05) is 12.1 Å². The Balaban J connectivity index is 1.86. The third kappa shape index (κ3) is 9.02. The molecule has 190 valence electrons. The Morgan fingerprint density at radius 3 is 2.54 bits per heavy atom. The Hall–Kier alpha value is -3.45. The van der Waals surface area contributed by atoms with Crippen LogP contribution in [-0.2, 0) is 37.6 Å². The number of aromatic nitrogens is 2. The van der Waals surface area contributed by atoms with Crippen molar-refractivity contribution in [2.45, 2.75) is 37.9 Å². The van der Waals surface area contributed by atoms with Crippen LogP contribution >= 0.6 is 11.8 Å². The molecule has 0 aliphatic rings. The first-order valence-electron chi connectivity index (χ1n) is 10.9. The fraction of sp³-hybridized carbons (Fsp3) is 0.455. The largest absolute Gasteiger partial charge is 0.480 e. The topological polar surface area (TPSA) is 185 Å². The molecular weight excluding hydrogens is 478 g/mol. The number of carboxylic acids is 2. The number of nitrogens with zero attached hydrogens (tertiary/aromatic N) is 2. The van der Waals surface area contributed by atoms with Crippen molar-refractivity contribution in [1.82, 2.24) is 15.2 Å². The summed E-state index contributed by atoms with van der Waals surface area (Å²) >= 11 is 1.14. The highest BCUT2D eigenvalue weighted by molar-refractivity contribution is 8.00. The van der Waals surface area contributed by atoms with Crippen LogP contribution in [0.25, 0.3) is 11.0 Å². The van der Waals surface area contributed by atoms with E-state index in [4.69, 9.17) is 15.9 Å². The van der Waals surface area contributed by atoms with Crippen molar-refractivity contribution in [3.05, 3.63) is 30.6 Å². The van der Waals surface area contributed by atoms with E-state index in [0.717, 1.165) is 22.8 Å². The van der Waals surface area contributed by atoms with Crippen molar-refractivity contribution in [3.63, 3.8) is 0 Å². The molecule has 0 fully saturated rings. The van der Waals surface area contributed by atoms with Crippen LogP contribution in [0.15, 0.2) is 30.6 Å². The maximum atomic E-state index is 12.4. The smallest absolute Gasteiger partial charge is 0.322 e. The standard InChI is InChI=1S/C22H29N5O7S/c1-26-13-27(18-5-3-2-4-17(18)26)9-8-14(28)11-35-12-16(21(32)24-10-20(30)31)25-19(29)7-6-15(23)22(33)34/h2-5,13,15-16H,6-12,23H2,1H3,(H3-,24,25,29,30,31,32,33,34)/p+1/t15?,16-/m0/s1. The van der Waals surface area contributed by atoms with Gasteiger partial charge in [0.05, 0.1) is 19.3 Å². The van der Waals surface area contributed by atoms with E-state index >= 15 is 0 Å². The number of carbonyl (C=O) groups is 5. The summed E-state index contributed by atoms with van der Waals surface area (Å²) in [6, 6.07) is 5.52. The zero-order chi connectivity index (χ0) is 26.0. The molecule has 0 aliphatic heterocycles. The fourth-order valence-electron chi connectivity index (χ4n) is 3.27. The number of carboxylic acid groups (broad SMARTS) is 2. The number of amides is 2. The van der Waals surface area contributed by atoms with E-state index in [1.807, 2.05) is 46.8 Å². The van der Waals surface area contributed by atoms with Crippen LogP contribution in [0.3, 0.4) is 0 Å². The predicted octanol–water partition coefficient (Wildman–Crippen LogP) is -0.964. The van der Waals surface area contributed by atoms with Crippen molar-refractivity contribution < 1.29 is 38.8 Å². The number of imidazole rings is 1. The molecule has 2 atom stereocenters. The van der Waals surface area contributed by atoms with Gasteiger partial charge >= 0.3 is 11.9 Å². The van der Waals surface area contributed by atoms with Gasteiger partial charge in [0.15, 0.2) is 11.0 Å². The van der Waals surface area contributed by atoms with Gasteiger partial charge in [-0.15, -0.1) is 0 Å². The third-order valence-corrected chi connectivity index (χ3v) is 6.22. The number of thioether (sulfide) groups is 1. The minimum Gasteiger partial charge on any atom is -0.480 e. The number of aryl methyl sites for hydroxylation is 2. The number of hydrogen-bond donors (Lipinski definition) is 5. The maximum absolute atomic E-state index is 12.4. The van der Waals surface area contributed by atoms with Gasteiger partial charge < -0.3 is 26.6 Å². The van der Waals surface area contributed by atoms with Crippen LogP contribution in [0.1, 0.15) is 19.3 Å². The predicted molar refractivity (Wildman–Crippen MR) is 127 cm³/mol. The van der Waals surface area contributed by atoms with Crippen LogP contribution in [-0.4, -0.2) is 74.5 Å². The Kier molecular flexibility index (Phi) is 10.7. The average molecular weight is 509 g/mol. The number of aliphatic carboxylic acids is 2. The number of benzene rings is 1. The molecule has 0 radical (unpaired) electrons. The van der Waals surface area contributed by atoms with Gasteiger partial charge in [0, 0.05) is 18.6 Å². The molecule has 2 amide bonds. The van der Waals surface area contributed by atoms with Crippen LogP contribution < -0.4 is 20.9 Å². The number of nitrogens with one attached hydrogen (secondary N) is 2. The van der Waals surface area contributed by atoms with Gasteiger partial charge in [0.2, 0.25) is 18.1 Å². The Morgan fingerprint density at radius 1 is 1.14 bits per heavy atom. The Bertz CT molecular complexity index is 1090. The number of carbonyl (C=O) groups excluding carboxylic acids is 3. The van der Waals surface area contributed by atoms with Gasteiger partial charge in [0.1, 0.15) is 24.4 Å². The molecule has 1 aromatic heterocycles. The van der Waals surface area contributed by atoms with Crippen LogP contribution in [0, 0.1) is 0 Å². The summed E-state index contributed by atoms with van der Waals surface area (Å²) in [6.07, 6.45) is 1.85. The van der Waals surface area contributed by atoms with Gasteiger partial charge in [-0.05, 0) is 18.6 Å². The molecule has 2 rings (SSSR count). The highest BCUT2D eigenvalue weighted by atomic mass is 32.2. The van der Waals surface area contributed by atoms with Gasteiger partial charge in [-0.25, -0.2) is 9.13 Å². The minimum absolute atomic E-state index is 0.0370. The van der Waals surface area contributed by atoms with E-state index in [1.54, 1.807) is 0 Å². The van der Waals surface area contributed by atoms with Crippen LogP contribution in [0.5, 0.6) is 0 Å². The first-order chi connectivity index (χ1) is 16.6. The first kappa shape index (κ1) is 27.8. The molecule has 6 N–H and O–H groups in total. The van der Waals surface area contributed by atoms with Crippen LogP contribution in [0.2, 0.25) is 0 Å². The summed E-state index contributed by atoms with van der Waals surface area (Å²) in [5, 5.41) is 22.2. The number of fused-ring (bicyclic) bond motifs is 1. The van der Waals surface area contributed by atoms with Crippen molar-refractivity contribution in [2.24, 2.45) is 12.8 Å². The first-order valence-corrected chi connectivity index (χ1v) is 12.0. The van der Waals surface area contributed by atoms with Gasteiger partial charge in [-0.2, -0.15) is 11.8 Å². The zero-order valence-corrected chi connectivity index (χ0v) is 20.1. The summed E-state index contributed by atoms with van der Waals surface area (Å²) in [4.78, 5) is 58.4. The molecule has 0 aliphatic carbocycles. The van der Waals surface area contributed by atoms with E-state index < -0.39 is 42.4 Å². The minimum atomic E-state index is -1.25. The lowest BCUT2D eigenvalue weighted by Crippen LogP contribution is -2.49. The van der Waals surface area contributed by atoms with E-state index in [9.17, 15) is 24.0 Å². The monoisotopic (exact) mass is 508 g/mol. The lowest BCUT2D eigenvalue weighted by atomic mass is 10.1. The van der Waals surface area contributed by atoms with Gasteiger partial charge in [-0.3, -0.25) is 24.0 Å². The number of para-hydroxylation sites is 2. The van der Waals surface area contributed by atoms with Gasteiger partial charge in [0.25, 0.3) is 0 Å². The van der Waals surface area contributed by atoms with Crippen LogP contribution in [0.4, 0.5) is 0 Å². The Labute approximate surface area is 205 Å². The fourth-order valence-corrected chi connectivity index (χ4v) is 4.23. The van der Waals surface area contributed by atoms with E-state index in [-0.39, 0.29) is 36.6 Å².